The van der Waals surface area contributed by atoms with Gasteiger partial charge in [-0.05, 0) is 21.9 Å². The van der Waals surface area contributed by atoms with Crippen LogP contribution in [-0.2, 0) is 4.74 Å². The van der Waals surface area contributed by atoms with Gasteiger partial charge in [-0.2, -0.15) is 0 Å². The number of methoxy groups -OCH3 is 1. The molecule has 0 aliphatic rings. The van der Waals surface area contributed by atoms with Crippen molar-refractivity contribution >= 4 is 22.2 Å². The van der Waals surface area contributed by atoms with Crippen molar-refractivity contribution in [3.63, 3.8) is 0 Å². The highest BCUT2D eigenvalue weighted by Crippen LogP contribution is 2.19. The van der Waals surface area contributed by atoms with Gasteiger partial charge in [0.1, 0.15) is 6.61 Å². The van der Waals surface area contributed by atoms with Crippen molar-refractivity contribution in [2.24, 2.45) is 0 Å². The molecule has 0 atom stereocenters. The van der Waals surface area contributed by atoms with Crippen molar-refractivity contribution in [3.8, 4) is 11.8 Å². The summed E-state index contributed by atoms with van der Waals surface area (Å²) in [5.74, 6) is 6.14. The molecule has 0 unspecified atom stereocenters. The summed E-state index contributed by atoms with van der Waals surface area (Å²) in [4.78, 5) is 10.3. The Labute approximate surface area is 84.2 Å². The molecule has 1 heterocycles. The van der Waals surface area contributed by atoms with E-state index in [-0.39, 0.29) is 5.76 Å². The number of ether oxygens (including phenoxy) is 1. The Kier molecular flexibility index (Phi) is 3.74. The topological polar surface area (TPSA) is 39.4 Å². The molecular weight excluding hydrogens is 236 g/mol. The van der Waals surface area contributed by atoms with E-state index in [2.05, 4.69) is 27.8 Å². The first kappa shape index (κ1) is 10.0. The molecule has 4 heteroatoms. The van der Waals surface area contributed by atoms with E-state index in [4.69, 9.17) is 9.15 Å². The predicted octanol–water partition coefficient (Wildman–Crippen LogP) is 1.85. The standard InChI is InChI=1S/C9H7BrO3/c1-12-4-2-3-9-8(10)5-7(6-11)13-9/h5-6H,4H2,1H3. The molecule has 0 saturated heterocycles. The zero-order valence-electron chi connectivity index (χ0n) is 6.96. The summed E-state index contributed by atoms with van der Waals surface area (Å²) in [5.41, 5.74) is 0. The highest BCUT2D eigenvalue weighted by molar-refractivity contribution is 9.10. The molecule has 0 aliphatic carbocycles. The molecule has 0 aliphatic heterocycles. The van der Waals surface area contributed by atoms with Crippen LogP contribution in [0, 0.1) is 11.8 Å². The van der Waals surface area contributed by atoms with Crippen LogP contribution in [0.3, 0.4) is 0 Å². The highest BCUT2D eigenvalue weighted by atomic mass is 79.9. The normalized spacial score (nSPS) is 9.08. The molecule has 1 aromatic heterocycles. The molecule has 0 spiro atoms. The number of hydrogen-bond acceptors (Lipinski definition) is 3. The van der Waals surface area contributed by atoms with E-state index < -0.39 is 0 Å². The van der Waals surface area contributed by atoms with Gasteiger partial charge in [-0.1, -0.05) is 5.92 Å². The van der Waals surface area contributed by atoms with Crippen molar-refractivity contribution in [1.82, 2.24) is 0 Å². The first-order valence-corrected chi connectivity index (χ1v) is 4.29. The van der Waals surface area contributed by atoms with Crippen molar-refractivity contribution < 1.29 is 13.9 Å². The van der Waals surface area contributed by atoms with Gasteiger partial charge in [0.15, 0.2) is 17.8 Å². The van der Waals surface area contributed by atoms with Crippen LogP contribution in [0.2, 0.25) is 0 Å². The molecule has 1 rings (SSSR count). The molecule has 13 heavy (non-hydrogen) atoms. The second-order valence-corrected chi connectivity index (χ2v) is 3.03. The average molecular weight is 243 g/mol. The number of rotatable bonds is 2. The molecule has 0 amide bonds. The van der Waals surface area contributed by atoms with Crippen LogP contribution in [0.15, 0.2) is 15.0 Å². The number of carbonyl (C=O) groups is 1. The quantitative estimate of drug-likeness (QED) is 0.587. The lowest BCUT2D eigenvalue weighted by Gasteiger charge is -1.83. The van der Waals surface area contributed by atoms with E-state index in [1.165, 1.54) is 0 Å². The Morgan fingerprint density at radius 3 is 3.08 bits per heavy atom. The number of aldehydes is 1. The zero-order valence-corrected chi connectivity index (χ0v) is 8.55. The Morgan fingerprint density at radius 1 is 1.77 bits per heavy atom. The van der Waals surface area contributed by atoms with E-state index in [0.717, 1.165) is 0 Å². The maximum atomic E-state index is 10.3. The van der Waals surface area contributed by atoms with Crippen molar-refractivity contribution in [1.29, 1.82) is 0 Å². The third kappa shape index (κ3) is 2.72. The zero-order chi connectivity index (χ0) is 9.68. The highest BCUT2D eigenvalue weighted by Gasteiger charge is 2.04. The molecular formula is C9H7BrO3. The molecule has 0 N–H and O–H groups in total. The summed E-state index contributed by atoms with van der Waals surface area (Å²) in [6.45, 7) is 0.337. The number of carbonyl (C=O) groups excluding carboxylic acids is 1. The van der Waals surface area contributed by atoms with Gasteiger partial charge < -0.3 is 9.15 Å². The van der Waals surface area contributed by atoms with Crippen molar-refractivity contribution in [2.75, 3.05) is 13.7 Å². The SMILES string of the molecule is COCC#Cc1oc(C=O)cc1Br. The summed E-state index contributed by atoms with van der Waals surface area (Å²) >= 11 is 3.21. The molecule has 0 bridgehead atoms. The largest absolute Gasteiger partial charge is 0.444 e. The van der Waals surface area contributed by atoms with E-state index in [9.17, 15) is 4.79 Å². The molecule has 68 valence electrons. The lowest BCUT2D eigenvalue weighted by atomic mass is 10.4. The second kappa shape index (κ2) is 4.85. The van der Waals surface area contributed by atoms with E-state index in [1.54, 1.807) is 13.2 Å². The van der Waals surface area contributed by atoms with Crippen LogP contribution in [0.5, 0.6) is 0 Å². The summed E-state index contributed by atoms with van der Waals surface area (Å²) in [6, 6.07) is 1.57. The second-order valence-electron chi connectivity index (χ2n) is 2.18. The van der Waals surface area contributed by atoms with Crippen LogP contribution in [-0.4, -0.2) is 20.0 Å². The van der Waals surface area contributed by atoms with Gasteiger partial charge in [0.25, 0.3) is 0 Å². The molecule has 1 aromatic rings. The lowest BCUT2D eigenvalue weighted by Crippen LogP contribution is -1.81. The van der Waals surface area contributed by atoms with Gasteiger partial charge in [-0.15, -0.1) is 0 Å². The van der Waals surface area contributed by atoms with E-state index in [0.29, 0.717) is 23.1 Å². The van der Waals surface area contributed by atoms with E-state index in [1.807, 2.05) is 0 Å². The van der Waals surface area contributed by atoms with Gasteiger partial charge in [-0.3, -0.25) is 4.79 Å². The third-order valence-corrected chi connectivity index (χ3v) is 1.83. The number of halogens is 1. The van der Waals surface area contributed by atoms with Crippen LogP contribution >= 0.6 is 15.9 Å². The van der Waals surface area contributed by atoms with Crippen LogP contribution in [0.25, 0.3) is 0 Å². The van der Waals surface area contributed by atoms with Crippen molar-refractivity contribution in [3.05, 3.63) is 22.1 Å². The maximum absolute atomic E-state index is 10.3. The fourth-order valence-electron chi connectivity index (χ4n) is 0.718. The van der Waals surface area contributed by atoms with Gasteiger partial charge in [-0.25, -0.2) is 0 Å². The van der Waals surface area contributed by atoms with Crippen LogP contribution in [0.1, 0.15) is 16.3 Å². The summed E-state index contributed by atoms with van der Waals surface area (Å²) in [7, 11) is 1.56. The van der Waals surface area contributed by atoms with Gasteiger partial charge in [0.2, 0.25) is 0 Å². The summed E-state index contributed by atoms with van der Waals surface area (Å²) in [6.07, 6.45) is 0.631. The van der Waals surface area contributed by atoms with Gasteiger partial charge in [0, 0.05) is 13.2 Å². The molecule has 3 nitrogen and oxygen atoms in total. The predicted molar refractivity (Wildman–Crippen MR) is 50.5 cm³/mol. The minimum atomic E-state index is 0.258. The molecule has 0 radical (unpaired) electrons. The average Bonchev–Trinajstić information content (AvgIpc) is 2.48. The Balaban J connectivity index is 2.84. The number of hydrogen-bond donors (Lipinski definition) is 0. The minimum Gasteiger partial charge on any atom is -0.444 e. The van der Waals surface area contributed by atoms with Crippen molar-refractivity contribution in [2.45, 2.75) is 0 Å². The Morgan fingerprint density at radius 2 is 2.54 bits per heavy atom. The smallest absolute Gasteiger partial charge is 0.191 e. The fourth-order valence-corrected chi connectivity index (χ4v) is 1.12. The van der Waals surface area contributed by atoms with Crippen LogP contribution < -0.4 is 0 Å². The number of furan rings is 1. The molecule has 0 aromatic carbocycles. The maximum Gasteiger partial charge on any atom is 0.191 e. The first-order chi connectivity index (χ1) is 6.27. The van der Waals surface area contributed by atoms with Crippen LogP contribution in [0.4, 0.5) is 0 Å². The summed E-state index contributed by atoms with van der Waals surface area (Å²) < 4.78 is 10.5. The monoisotopic (exact) mass is 242 g/mol. The first-order valence-electron chi connectivity index (χ1n) is 3.50. The van der Waals surface area contributed by atoms with Gasteiger partial charge in [0.05, 0.1) is 4.47 Å². The third-order valence-electron chi connectivity index (χ3n) is 1.24. The Hall–Kier alpha value is -1.05. The molecule has 0 fully saturated rings. The van der Waals surface area contributed by atoms with Gasteiger partial charge >= 0.3 is 0 Å². The fraction of sp³-hybridized carbons (Fsp3) is 0.222. The Bertz CT molecular complexity index is 357. The molecule has 0 saturated carbocycles. The minimum absolute atomic E-state index is 0.258. The summed E-state index contributed by atoms with van der Waals surface area (Å²) in [5, 5.41) is 0. The van der Waals surface area contributed by atoms with E-state index >= 15 is 0 Å². The lowest BCUT2D eigenvalue weighted by molar-refractivity contribution is 0.110.